The Labute approximate surface area is 336 Å². The Kier molecular flexibility index (Phi) is 7.73. The molecule has 10 rings (SSSR count). The summed E-state index contributed by atoms with van der Waals surface area (Å²) in [5.74, 6) is 0. The van der Waals surface area contributed by atoms with E-state index in [1.165, 1.54) is 106 Å². The lowest BCUT2D eigenvalue weighted by molar-refractivity contribution is 0.659. The van der Waals surface area contributed by atoms with Crippen LogP contribution in [-0.2, 0) is 16.2 Å². The third-order valence-electron chi connectivity index (χ3n) is 13.3. The van der Waals surface area contributed by atoms with Gasteiger partial charge in [0.25, 0.3) is 0 Å². The second-order valence-electron chi connectivity index (χ2n) is 17.6. The molecule has 0 spiro atoms. The molecule has 0 saturated carbocycles. The Morgan fingerprint density at radius 3 is 1.25 bits per heavy atom. The largest absolute Gasteiger partial charge is 0.309 e. The summed E-state index contributed by atoms with van der Waals surface area (Å²) in [7, 11) is 0. The lowest BCUT2D eigenvalue weighted by Gasteiger charge is -2.24. The highest BCUT2D eigenvalue weighted by molar-refractivity contribution is 5.92. The van der Waals surface area contributed by atoms with Gasteiger partial charge in [-0.05, 0) is 142 Å². The molecule has 7 aromatic rings. The Morgan fingerprint density at radius 1 is 0.386 bits per heavy atom. The molecule has 0 heterocycles. The molecule has 2 heteroatoms. The fourth-order valence-electron chi connectivity index (χ4n) is 10.2. The average Bonchev–Trinajstić information content (AvgIpc) is 3.70. The first-order valence-electron chi connectivity index (χ1n) is 20.1. The van der Waals surface area contributed by atoms with E-state index in [9.17, 15) is 0 Å². The number of allylic oxidation sites excluding steroid dienone is 1. The van der Waals surface area contributed by atoms with Crippen LogP contribution in [0.3, 0.4) is 0 Å². The van der Waals surface area contributed by atoms with E-state index in [-0.39, 0.29) is 16.2 Å². The van der Waals surface area contributed by atoms with E-state index in [4.69, 9.17) is 5.41 Å². The molecular weight excluding hydrogens is 689 g/mol. The third-order valence-corrected chi connectivity index (χ3v) is 13.3. The molecule has 0 saturated heterocycles. The maximum atomic E-state index is 7.20. The predicted molar refractivity (Wildman–Crippen MR) is 241 cm³/mol. The van der Waals surface area contributed by atoms with Crippen LogP contribution in [0.15, 0.2) is 157 Å². The molecule has 0 aromatic heterocycles. The lowest BCUT2D eigenvalue weighted by atomic mass is 9.79. The molecule has 0 unspecified atom stereocenters. The normalized spacial score (nSPS) is 15.9. The maximum absolute atomic E-state index is 7.20. The number of rotatable bonds is 6. The van der Waals surface area contributed by atoms with Crippen LogP contribution in [0.2, 0.25) is 0 Å². The third kappa shape index (κ3) is 5.23. The number of benzene rings is 7. The minimum atomic E-state index is -0.160. The van der Waals surface area contributed by atoms with Crippen LogP contribution in [0.1, 0.15) is 80.5 Å². The SMILES string of the molecule is CC1(C)c2cc(C=N/C=C\C=N)ccc2-c2ccc(-c3ccc4c(c3)C(C)(C)c3cc(-c5ccccc5-c5ccc6c(c5)C(C)(C)c5ccccc5-6)ccc3-4)cc21. The number of aliphatic imine (C=N–C) groups is 1. The van der Waals surface area contributed by atoms with Crippen molar-refractivity contribution < 1.29 is 0 Å². The molecule has 57 heavy (non-hydrogen) atoms. The quantitative estimate of drug-likeness (QED) is 0.165. The molecule has 3 aliphatic carbocycles. The van der Waals surface area contributed by atoms with Gasteiger partial charge in [0.15, 0.2) is 0 Å². The van der Waals surface area contributed by atoms with E-state index >= 15 is 0 Å². The van der Waals surface area contributed by atoms with Crippen LogP contribution in [0.5, 0.6) is 0 Å². The van der Waals surface area contributed by atoms with Crippen molar-refractivity contribution in [1.82, 2.24) is 0 Å². The van der Waals surface area contributed by atoms with E-state index in [1.54, 1.807) is 12.3 Å². The summed E-state index contributed by atoms with van der Waals surface area (Å²) in [6.07, 6.45) is 6.38. The molecule has 0 fully saturated rings. The van der Waals surface area contributed by atoms with Crippen LogP contribution >= 0.6 is 0 Å². The van der Waals surface area contributed by atoms with Crippen molar-refractivity contribution in [2.45, 2.75) is 57.8 Å². The predicted octanol–water partition coefficient (Wildman–Crippen LogP) is 14.2. The van der Waals surface area contributed by atoms with E-state index < -0.39 is 0 Å². The van der Waals surface area contributed by atoms with Gasteiger partial charge in [-0.15, -0.1) is 0 Å². The van der Waals surface area contributed by atoms with Gasteiger partial charge in [-0.3, -0.25) is 4.99 Å². The molecule has 2 nitrogen and oxygen atoms in total. The molecule has 0 radical (unpaired) electrons. The van der Waals surface area contributed by atoms with E-state index in [0.717, 1.165) is 5.56 Å². The molecule has 1 N–H and O–H groups in total. The molecule has 0 atom stereocenters. The summed E-state index contributed by atoms with van der Waals surface area (Å²) in [4.78, 5) is 4.36. The van der Waals surface area contributed by atoms with Crippen LogP contribution in [0.25, 0.3) is 66.8 Å². The van der Waals surface area contributed by atoms with Crippen LogP contribution in [0, 0.1) is 5.41 Å². The Hall–Kier alpha value is -6.38. The second kappa shape index (κ2) is 12.6. The Bertz CT molecular complexity index is 2890. The van der Waals surface area contributed by atoms with Crippen molar-refractivity contribution in [2.24, 2.45) is 4.99 Å². The van der Waals surface area contributed by atoms with Crippen molar-refractivity contribution in [3.05, 3.63) is 191 Å². The van der Waals surface area contributed by atoms with Gasteiger partial charge in [0, 0.05) is 34.9 Å². The molecule has 276 valence electrons. The van der Waals surface area contributed by atoms with Gasteiger partial charge in [0.1, 0.15) is 0 Å². The zero-order valence-electron chi connectivity index (χ0n) is 33.5. The molecule has 0 amide bonds. The lowest BCUT2D eigenvalue weighted by Crippen LogP contribution is -2.16. The molecule has 0 bridgehead atoms. The summed E-state index contributed by atoms with van der Waals surface area (Å²) in [6, 6.07) is 52.8. The maximum Gasteiger partial charge on any atom is 0.0340 e. The van der Waals surface area contributed by atoms with Crippen molar-refractivity contribution in [3.8, 4) is 66.8 Å². The van der Waals surface area contributed by atoms with Crippen LogP contribution < -0.4 is 0 Å². The van der Waals surface area contributed by atoms with Gasteiger partial charge in [-0.1, -0.05) is 151 Å². The number of hydrogen-bond acceptors (Lipinski definition) is 2. The van der Waals surface area contributed by atoms with Gasteiger partial charge in [-0.25, -0.2) is 0 Å². The zero-order chi connectivity index (χ0) is 39.3. The summed E-state index contributed by atoms with van der Waals surface area (Å²) in [5.41, 5.74) is 24.5. The number of nitrogens with one attached hydrogen (secondary N) is 1. The number of hydrogen-bond donors (Lipinski definition) is 1. The topological polar surface area (TPSA) is 36.2 Å². The van der Waals surface area contributed by atoms with Crippen molar-refractivity contribution in [2.75, 3.05) is 0 Å². The highest BCUT2D eigenvalue weighted by Gasteiger charge is 2.39. The first-order chi connectivity index (χ1) is 27.5. The fraction of sp³-hybridized carbons (Fsp3) is 0.164. The zero-order valence-corrected chi connectivity index (χ0v) is 33.5. The Balaban J connectivity index is 0.983. The van der Waals surface area contributed by atoms with E-state index in [1.807, 2.05) is 6.21 Å². The van der Waals surface area contributed by atoms with Gasteiger partial charge < -0.3 is 5.41 Å². The Morgan fingerprint density at radius 2 is 0.754 bits per heavy atom. The molecular formula is C55H46N2. The summed E-state index contributed by atoms with van der Waals surface area (Å²) >= 11 is 0. The second-order valence-corrected chi connectivity index (χ2v) is 17.6. The monoisotopic (exact) mass is 734 g/mol. The van der Waals surface area contributed by atoms with Crippen molar-refractivity contribution >= 4 is 12.4 Å². The van der Waals surface area contributed by atoms with Crippen LogP contribution in [0.4, 0.5) is 0 Å². The van der Waals surface area contributed by atoms with Gasteiger partial charge in [0.2, 0.25) is 0 Å². The molecule has 7 aromatic carbocycles. The fourth-order valence-corrected chi connectivity index (χ4v) is 10.2. The van der Waals surface area contributed by atoms with Crippen molar-refractivity contribution in [1.29, 1.82) is 5.41 Å². The molecule has 3 aliphatic rings. The number of fused-ring (bicyclic) bond motifs is 9. The smallest absolute Gasteiger partial charge is 0.0340 e. The first-order valence-corrected chi connectivity index (χ1v) is 20.1. The summed E-state index contributed by atoms with van der Waals surface area (Å²) in [5, 5.41) is 7.20. The van der Waals surface area contributed by atoms with E-state index in [2.05, 4.69) is 186 Å². The van der Waals surface area contributed by atoms with E-state index in [0.29, 0.717) is 0 Å². The van der Waals surface area contributed by atoms with Gasteiger partial charge >= 0.3 is 0 Å². The highest BCUT2D eigenvalue weighted by Crippen LogP contribution is 2.54. The molecule has 0 aliphatic heterocycles. The number of nitrogens with zero attached hydrogens (tertiary/aromatic N) is 1. The van der Waals surface area contributed by atoms with Crippen LogP contribution in [-0.4, -0.2) is 12.4 Å². The first kappa shape index (κ1) is 35.1. The van der Waals surface area contributed by atoms with Gasteiger partial charge in [-0.2, -0.15) is 0 Å². The summed E-state index contributed by atoms with van der Waals surface area (Å²) in [6.45, 7) is 14.2. The highest BCUT2D eigenvalue weighted by atomic mass is 14.7. The summed E-state index contributed by atoms with van der Waals surface area (Å²) < 4.78 is 0. The standard InChI is InChI=1S/C55H46N2/c1-53(2)47-15-10-9-14-41(47)43-24-19-37(31-51(43)53)39-12-7-8-13-40(39)38-20-25-46-45-23-18-36(30-50(45)55(5,6)52(46)32-38)35-17-22-44-42-21-16-34(33-57-27-11-26-56)28-48(42)54(3,4)49(44)29-35/h7-33,56H,1-6H3/b27-11-,56-26?,57-33?. The van der Waals surface area contributed by atoms with Gasteiger partial charge in [0.05, 0.1) is 0 Å². The minimum absolute atomic E-state index is 0.0416. The minimum Gasteiger partial charge on any atom is -0.309 e. The van der Waals surface area contributed by atoms with Crippen molar-refractivity contribution in [3.63, 3.8) is 0 Å². The average molecular weight is 735 g/mol.